The van der Waals surface area contributed by atoms with Crippen molar-refractivity contribution in [2.24, 2.45) is 0 Å². The predicted molar refractivity (Wildman–Crippen MR) is 72.4 cm³/mol. The number of halogens is 1. The highest BCUT2D eigenvalue weighted by Crippen LogP contribution is 2.30. The second-order valence-electron chi connectivity index (χ2n) is 4.18. The molecule has 88 valence electrons. The molecular weight excluding hydrogens is 292 g/mol. The summed E-state index contributed by atoms with van der Waals surface area (Å²) in [6.07, 6.45) is 0. The molecule has 1 aliphatic carbocycles. The number of ketones is 2. The van der Waals surface area contributed by atoms with Gasteiger partial charge in [-0.15, -0.1) is 0 Å². The Morgan fingerprint density at radius 3 is 2.06 bits per heavy atom. The van der Waals surface area contributed by atoms with Gasteiger partial charge in [-0.05, 0) is 5.56 Å². The molecule has 0 saturated heterocycles. The van der Waals surface area contributed by atoms with Crippen molar-refractivity contribution in [3.8, 4) is 0 Å². The van der Waals surface area contributed by atoms with Gasteiger partial charge in [0.1, 0.15) is 0 Å². The third-order valence-corrected chi connectivity index (χ3v) is 3.79. The van der Waals surface area contributed by atoms with Crippen LogP contribution in [0, 0.1) is 0 Å². The number of carbonyl (C=O) groups is 2. The van der Waals surface area contributed by atoms with Gasteiger partial charge in [0.25, 0.3) is 0 Å². The molecule has 0 aliphatic heterocycles. The standard InChI is InChI=1S/C15H9BrO2/c16-8-9-4-3-7-12-13(9)15(18)11-6-2-1-5-10(11)14(12)17/h1-7H,8H2. The van der Waals surface area contributed by atoms with E-state index in [-0.39, 0.29) is 11.6 Å². The number of benzene rings is 2. The van der Waals surface area contributed by atoms with Crippen molar-refractivity contribution in [2.45, 2.75) is 5.33 Å². The molecule has 2 nitrogen and oxygen atoms in total. The summed E-state index contributed by atoms with van der Waals surface area (Å²) in [5.41, 5.74) is 2.92. The van der Waals surface area contributed by atoms with Crippen molar-refractivity contribution in [3.05, 3.63) is 70.3 Å². The first kappa shape index (κ1) is 11.4. The van der Waals surface area contributed by atoms with Crippen molar-refractivity contribution in [1.82, 2.24) is 0 Å². The monoisotopic (exact) mass is 300 g/mol. The molecule has 0 heterocycles. The van der Waals surface area contributed by atoms with Gasteiger partial charge in [-0.3, -0.25) is 9.59 Å². The van der Waals surface area contributed by atoms with E-state index in [1.54, 1.807) is 30.3 Å². The second kappa shape index (κ2) is 4.18. The van der Waals surface area contributed by atoms with Crippen molar-refractivity contribution in [2.75, 3.05) is 0 Å². The van der Waals surface area contributed by atoms with E-state index in [0.29, 0.717) is 27.6 Å². The van der Waals surface area contributed by atoms with Crippen LogP contribution in [0.25, 0.3) is 0 Å². The number of rotatable bonds is 1. The first-order valence-corrected chi connectivity index (χ1v) is 6.72. The minimum absolute atomic E-state index is 0.0600. The third kappa shape index (κ3) is 1.47. The van der Waals surface area contributed by atoms with Gasteiger partial charge in [-0.1, -0.05) is 58.4 Å². The quantitative estimate of drug-likeness (QED) is 0.646. The lowest BCUT2D eigenvalue weighted by molar-refractivity contribution is 0.0978. The zero-order valence-corrected chi connectivity index (χ0v) is 11.0. The van der Waals surface area contributed by atoms with E-state index in [2.05, 4.69) is 15.9 Å². The molecule has 2 aromatic carbocycles. The van der Waals surface area contributed by atoms with Crippen LogP contribution < -0.4 is 0 Å². The fourth-order valence-corrected chi connectivity index (χ4v) is 2.80. The number of hydrogen-bond donors (Lipinski definition) is 0. The first-order chi connectivity index (χ1) is 8.74. The van der Waals surface area contributed by atoms with Crippen LogP contribution in [0.3, 0.4) is 0 Å². The molecule has 0 radical (unpaired) electrons. The largest absolute Gasteiger partial charge is 0.289 e. The summed E-state index contributed by atoms with van der Waals surface area (Å²) in [6.45, 7) is 0. The molecule has 3 heteroatoms. The van der Waals surface area contributed by atoms with Gasteiger partial charge in [-0.2, -0.15) is 0 Å². The Hall–Kier alpha value is -1.74. The number of hydrogen-bond acceptors (Lipinski definition) is 2. The van der Waals surface area contributed by atoms with Crippen LogP contribution in [-0.4, -0.2) is 11.6 Å². The lowest BCUT2D eigenvalue weighted by Crippen LogP contribution is -2.22. The molecule has 0 bridgehead atoms. The Morgan fingerprint density at radius 1 is 0.778 bits per heavy atom. The minimum atomic E-state index is -0.0667. The lowest BCUT2D eigenvalue weighted by Gasteiger charge is -2.19. The lowest BCUT2D eigenvalue weighted by atomic mass is 9.82. The Bertz CT molecular complexity index is 674. The highest BCUT2D eigenvalue weighted by Gasteiger charge is 2.30. The Labute approximate surface area is 113 Å². The summed E-state index contributed by atoms with van der Waals surface area (Å²) in [5.74, 6) is -0.127. The van der Waals surface area contributed by atoms with E-state index < -0.39 is 0 Å². The summed E-state index contributed by atoms with van der Waals surface area (Å²) in [6, 6.07) is 12.4. The van der Waals surface area contributed by atoms with Gasteiger partial charge in [-0.25, -0.2) is 0 Å². The van der Waals surface area contributed by atoms with Crippen LogP contribution in [0.2, 0.25) is 0 Å². The van der Waals surface area contributed by atoms with Gasteiger partial charge < -0.3 is 0 Å². The molecule has 0 saturated carbocycles. The van der Waals surface area contributed by atoms with E-state index in [4.69, 9.17) is 0 Å². The SMILES string of the molecule is O=C1c2ccccc2C(=O)c2c(CBr)cccc21. The van der Waals surface area contributed by atoms with E-state index in [9.17, 15) is 9.59 Å². The van der Waals surface area contributed by atoms with Gasteiger partial charge in [0.15, 0.2) is 11.6 Å². The van der Waals surface area contributed by atoms with Crippen molar-refractivity contribution >= 4 is 27.5 Å². The molecule has 3 rings (SSSR count). The maximum absolute atomic E-state index is 12.5. The second-order valence-corrected chi connectivity index (χ2v) is 4.74. The van der Waals surface area contributed by atoms with Crippen molar-refractivity contribution in [3.63, 3.8) is 0 Å². The summed E-state index contributed by atoms with van der Waals surface area (Å²) in [4.78, 5) is 24.8. The van der Waals surface area contributed by atoms with Crippen LogP contribution in [0.5, 0.6) is 0 Å². The average molecular weight is 301 g/mol. The van der Waals surface area contributed by atoms with Crippen LogP contribution >= 0.6 is 15.9 Å². The van der Waals surface area contributed by atoms with E-state index in [1.807, 2.05) is 12.1 Å². The molecule has 0 fully saturated rings. The first-order valence-electron chi connectivity index (χ1n) is 5.60. The molecule has 18 heavy (non-hydrogen) atoms. The molecule has 2 aromatic rings. The van der Waals surface area contributed by atoms with E-state index in [1.165, 1.54) is 0 Å². The zero-order valence-electron chi connectivity index (χ0n) is 9.44. The number of alkyl halides is 1. The fraction of sp³-hybridized carbons (Fsp3) is 0.0667. The summed E-state index contributed by atoms with van der Waals surface area (Å²) in [5, 5.41) is 0.567. The highest BCUT2D eigenvalue weighted by molar-refractivity contribution is 9.08. The normalized spacial score (nSPS) is 13.2. The maximum atomic E-state index is 12.5. The topological polar surface area (TPSA) is 34.1 Å². The maximum Gasteiger partial charge on any atom is 0.194 e. The number of carbonyl (C=O) groups excluding carboxylic acids is 2. The molecule has 0 N–H and O–H groups in total. The fourth-order valence-electron chi connectivity index (χ4n) is 2.33. The smallest absolute Gasteiger partial charge is 0.194 e. The molecule has 0 spiro atoms. The van der Waals surface area contributed by atoms with Crippen LogP contribution in [0.1, 0.15) is 37.4 Å². The minimum Gasteiger partial charge on any atom is -0.289 e. The van der Waals surface area contributed by atoms with Crippen LogP contribution in [0.4, 0.5) is 0 Å². The predicted octanol–water partition coefficient (Wildman–Crippen LogP) is 3.36. The van der Waals surface area contributed by atoms with Crippen molar-refractivity contribution < 1.29 is 9.59 Å². The van der Waals surface area contributed by atoms with Gasteiger partial charge in [0, 0.05) is 27.6 Å². The van der Waals surface area contributed by atoms with E-state index >= 15 is 0 Å². The van der Waals surface area contributed by atoms with Gasteiger partial charge in [0.2, 0.25) is 0 Å². The Kier molecular flexibility index (Phi) is 2.63. The Balaban J connectivity index is 2.34. The summed E-state index contributed by atoms with van der Waals surface area (Å²) in [7, 11) is 0. The molecule has 0 atom stereocenters. The molecule has 0 unspecified atom stereocenters. The van der Waals surface area contributed by atoms with Crippen molar-refractivity contribution in [1.29, 1.82) is 0 Å². The van der Waals surface area contributed by atoms with Gasteiger partial charge in [0.05, 0.1) is 0 Å². The summed E-state index contributed by atoms with van der Waals surface area (Å²) >= 11 is 3.36. The van der Waals surface area contributed by atoms with Crippen LogP contribution in [-0.2, 0) is 5.33 Å². The van der Waals surface area contributed by atoms with Gasteiger partial charge >= 0.3 is 0 Å². The highest BCUT2D eigenvalue weighted by atomic mass is 79.9. The number of fused-ring (bicyclic) bond motifs is 2. The molecule has 0 amide bonds. The third-order valence-electron chi connectivity index (χ3n) is 3.18. The molecular formula is C15H9BrO2. The van der Waals surface area contributed by atoms with E-state index in [0.717, 1.165) is 5.56 Å². The zero-order chi connectivity index (χ0) is 12.7. The molecule has 1 aliphatic rings. The van der Waals surface area contributed by atoms with Crippen LogP contribution in [0.15, 0.2) is 42.5 Å². The summed E-state index contributed by atoms with van der Waals surface area (Å²) < 4.78 is 0. The molecule has 0 aromatic heterocycles. The average Bonchev–Trinajstić information content (AvgIpc) is 2.44. The Morgan fingerprint density at radius 2 is 1.39 bits per heavy atom.